The lowest BCUT2D eigenvalue weighted by Gasteiger charge is -2.21. The summed E-state index contributed by atoms with van der Waals surface area (Å²) in [6.07, 6.45) is 4.57. The molecule has 0 atom stereocenters. The van der Waals surface area contributed by atoms with Crippen molar-refractivity contribution in [1.29, 1.82) is 0 Å². The van der Waals surface area contributed by atoms with Crippen molar-refractivity contribution in [2.45, 2.75) is 11.4 Å². The van der Waals surface area contributed by atoms with Crippen LogP contribution in [0.5, 0.6) is 0 Å². The lowest BCUT2D eigenvalue weighted by atomic mass is 10.2. The minimum absolute atomic E-state index is 0.0212. The number of hydrogen-bond donors (Lipinski definition) is 1. The second-order valence-electron chi connectivity index (χ2n) is 6.43. The predicted molar refractivity (Wildman–Crippen MR) is 115 cm³/mol. The van der Waals surface area contributed by atoms with E-state index in [1.807, 2.05) is 0 Å². The van der Waals surface area contributed by atoms with Crippen molar-refractivity contribution < 1.29 is 17.6 Å². The third-order valence-electron chi connectivity index (χ3n) is 4.15. The van der Waals surface area contributed by atoms with Gasteiger partial charge in [0.25, 0.3) is 5.91 Å². The molecule has 0 radical (unpaired) electrons. The highest BCUT2D eigenvalue weighted by molar-refractivity contribution is 7.89. The zero-order chi connectivity index (χ0) is 22.3. The smallest absolute Gasteiger partial charge is 0.255 e. The largest absolute Gasteiger partial charge is 0.272 e. The number of rotatable bonds is 8. The number of halogens is 2. The first kappa shape index (κ1) is 22.5. The number of amides is 1. The number of pyridine rings is 1. The van der Waals surface area contributed by atoms with Crippen LogP contribution in [0, 0.1) is 5.82 Å². The lowest BCUT2D eigenvalue weighted by Crippen LogP contribution is -2.39. The third kappa shape index (κ3) is 6.42. The average Bonchev–Trinajstić information content (AvgIpc) is 2.76. The fraction of sp³-hybridized carbons (Fsp3) is 0.0952. The van der Waals surface area contributed by atoms with Gasteiger partial charge >= 0.3 is 0 Å². The molecule has 160 valence electrons. The lowest BCUT2D eigenvalue weighted by molar-refractivity contribution is -0.121. The third-order valence-corrected chi connectivity index (χ3v) is 6.21. The SMILES string of the molecule is O=C(CN(Cc1ccc(F)cc1)S(=O)(=O)c1ccc(Cl)cc1)N/N=C\c1ccncc1. The molecular formula is C21H18ClFN4O3S. The van der Waals surface area contributed by atoms with Gasteiger partial charge in [0.1, 0.15) is 5.82 Å². The number of carbonyl (C=O) groups excluding carboxylic acids is 1. The molecule has 10 heteroatoms. The molecule has 0 spiro atoms. The summed E-state index contributed by atoms with van der Waals surface area (Å²) in [7, 11) is -4.04. The molecule has 1 heterocycles. The monoisotopic (exact) mass is 460 g/mol. The minimum atomic E-state index is -4.04. The van der Waals surface area contributed by atoms with Gasteiger partial charge in [0.15, 0.2) is 0 Å². The Morgan fingerprint density at radius 2 is 1.71 bits per heavy atom. The van der Waals surface area contributed by atoms with Gasteiger partial charge in [0.05, 0.1) is 17.7 Å². The maximum absolute atomic E-state index is 13.2. The van der Waals surface area contributed by atoms with E-state index in [1.54, 1.807) is 24.5 Å². The summed E-state index contributed by atoms with van der Waals surface area (Å²) in [5, 5.41) is 4.22. The summed E-state index contributed by atoms with van der Waals surface area (Å²) in [4.78, 5) is 16.3. The molecule has 3 rings (SSSR count). The standard InChI is InChI=1S/C21H18ClFN4O3S/c22-18-3-7-20(8-4-18)31(29,30)27(14-17-1-5-19(23)6-2-17)15-21(28)26-25-13-16-9-11-24-12-10-16/h1-13H,14-15H2,(H,26,28)/b25-13-. The first-order valence-corrected chi connectivity index (χ1v) is 10.9. The van der Waals surface area contributed by atoms with Crippen LogP contribution in [0.2, 0.25) is 5.02 Å². The van der Waals surface area contributed by atoms with Crippen LogP contribution in [-0.2, 0) is 21.4 Å². The quantitative estimate of drug-likeness (QED) is 0.412. The van der Waals surface area contributed by atoms with Crippen LogP contribution in [0.4, 0.5) is 4.39 Å². The number of hydrogen-bond acceptors (Lipinski definition) is 5. The summed E-state index contributed by atoms with van der Waals surface area (Å²) in [6, 6.07) is 14.4. The Morgan fingerprint density at radius 3 is 2.35 bits per heavy atom. The van der Waals surface area contributed by atoms with Crippen LogP contribution in [0.15, 0.2) is 83.1 Å². The highest BCUT2D eigenvalue weighted by Gasteiger charge is 2.27. The van der Waals surface area contributed by atoms with Gasteiger partial charge in [0.2, 0.25) is 10.0 Å². The molecule has 0 unspecified atom stereocenters. The molecule has 0 aliphatic carbocycles. The predicted octanol–water partition coefficient (Wildman–Crippen LogP) is 3.22. The van der Waals surface area contributed by atoms with E-state index in [9.17, 15) is 17.6 Å². The summed E-state index contributed by atoms with van der Waals surface area (Å²) in [5.41, 5.74) is 3.55. The van der Waals surface area contributed by atoms with Crippen LogP contribution in [0.25, 0.3) is 0 Å². The Labute approximate surface area is 184 Å². The fourth-order valence-corrected chi connectivity index (χ4v) is 4.11. The van der Waals surface area contributed by atoms with Crippen molar-refractivity contribution in [3.8, 4) is 0 Å². The fourth-order valence-electron chi connectivity index (χ4n) is 2.60. The highest BCUT2D eigenvalue weighted by Crippen LogP contribution is 2.20. The highest BCUT2D eigenvalue weighted by atomic mass is 35.5. The zero-order valence-electron chi connectivity index (χ0n) is 16.2. The second kappa shape index (κ2) is 10.3. The van der Waals surface area contributed by atoms with Gasteiger partial charge in [-0.15, -0.1) is 0 Å². The van der Waals surface area contributed by atoms with Gasteiger partial charge < -0.3 is 0 Å². The first-order valence-electron chi connectivity index (χ1n) is 9.07. The van der Waals surface area contributed by atoms with Gasteiger partial charge in [-0.1, -0.05) is 23.7 Å². The van der Waals surface area contributed by atoms with Gasteiger partial charge in [-0.05, 0) is 59.7 Å². The molecular weight excluding hydrogens is 443 g/mol. The Bertz CT molecular complexity index is 1160. The Balaban J connectivity index is 1.79. The van der Waals surface area contributed by atoms with E-state index in [4.69, 9.17) is 11.6 Å². The van der Waals surface area contributed by atoms with Crippen molar-refractivity contribution in [3.05, 3.63) is 95.0 Å². The summed E-state index contributed by atoms with van der Waals surface area (Å²) in [6.45, 7) is -0.622. The number of benzene rings is 2. The van der Waals surface area contributed by atoms with Gasteiger partial charge in [0, 0.05) is 24.0 Å². The Hall–Kier alpha value is -3.14. The molecule has 0 saturated carbocycles. The zero-order valence-corrected chi connectivity index (χ0v) is 17.7. The maximum Gasteiger partial charge on any atom is 0.255 e. The van der Waals surface area contributed by atoms with Crippen LogP contribution >= 0.6 is 11.6 Å². The Morgan fingerprint density at radius 1 is 1.06 bits per heavy atom. The number of sulfonamides is 1. The Kier molecular flexibility index (Phi) is 7.45. The molecule has 31 heavy (non-hydrogen) atoms. The molecule has 0 fully saturated rings. The maximum atomic E-state index is 13.2. The van der Waals surface area contributed by atoms with E-state index in [2.05, 4.69) is 15.5 Å². The summed E-state index contributed by atoms with van der Waals surface area (Å²) >= 11 is 5.85. The molecule has 1 amide bonds. The van der Waals surface area contributed by atoms with E-state index >= 15 is 0 Å². The van der Waals surface area contributed by atoms with Crippen molar-refractivity contribution >= 4 is 33.7 Å². The first-order chi connectivity index (χ1) is 14.8. The molecule has 1 N–H and O–H groups in total. The summed E-state index contributed by atoms with van der Waals surface area (Å²) < 4.78 is 40.5. The van der Waals surface area contributed by atoms with E-state index in [0.29, 0.717) is 16.1 Å². The van der Waals surface area contributed by atoms with Crippen LogP contribution < -0.4 is 5.43 Å². The van der Waals surface area contributed by atoms with Crippen molar-refractivity contribution in [2.75, 3.05) is 6.54 Å². The summed E-state index contributed by atoms with van der Waals surface area (Å²) in [5.74, 6) is -1.08. The number of hydrazone groups is 1. The number of carbonyl (C=O) groups is 1. The molecule has 0 aliphatic heterocycles. The molecule has 0 saturated heterocycles. The number of nitrogens with one attached hydrogen (secondary N) is 1. The molecule has 3 aromatic rings. The van der Waals surface area contributed by atoms with Crippen LogP contribution in [0.3, 0.4) is 0 Å². The van der Waals surface area contributed by atoms with Gasteiger partial charge in [-0.25, -0.2) is 18.2 Å². The number of nitrogens with zero attached hydrogens (tertiary/aromatic N) is 3. The van der Waals surface area contributed by atoms with Crippen molar-refractivity contribution in [1.82, 2.24) is 14.7 Å². The topological polar surface area (TPSA) is 91.7 Å². The molecule has 2 aromatic carbocycles. The molecule has 0 aliphatic rings. The van der Waals surface area contributed by atoms with Gasteiger partial charge in [-0.2, -0.15) is 9.41 Å². The molecule has 0 bridgehead atoms. The molecule has 7 nitrogen and oxygen atoms in total. The number of aromatic nitrogens is 1. The van der Waals surface area contributed by atoms with E-state index in [0.717, 1.165) is 4.31 Å². The van der Waals surface area contributed by atoms with Gasteiger partial charge in [-0.3, -0.25) is 9.78 Å². The normalized spacial score (nSPS) is 11.7. The second-order valence-corrected chi connectivity index (χ2v) is 8.80. The van der Waals surface area contributed by atoms with E-state index in [-0.39, 0.29) is 11.4 Å². The minimum Gasteiger partial charge on any atom is -0.272 e. The van der Waals surface area contributed by atoms with Crippen molar-refractivity contribution in [3.63, 3.8) is 0 Å². The molecule has 1 aromatic heterocycles. The van der Waals surface area contributed by atoms with Crippen LogP contribution in [0.1, 0.15) is 11.1 Å². The average molecular weight is 461 g/mol. The van der Waals surface area contributed by atoms with E-state index in [1.165, 1.54) is 54.7 Å². The van der Waals surface area contributed by atoms with Crippen molar-refractivity contribution in [2.24, 2.45) is 5.10 Å². The van der Waals surface area contributed by atoms with E-state index < -0.39 is 28.3 Å². The van der Waals surface area contributed by atoms with Crippen LogP contribution in [-0.4, -0.2) is 36.4 Å².